The highest BCUT2D eigenvalue weighted by molar-refractivity contribution is 5.95. The highest BCUT2D eigenvalue weighted by Gasteiger charge is 2.30. The van der Waals surface area contributed by atoms with Crippen LogP contribution < -0.4 is 16.7 Å². The fourth-order valence-corrected chi connectivity index (χ4v) is 6.05. The Hall–Kier alpha value is -3.79. The number of rotatable bonds is 7. The van der Waals surface area contributed by atoms with Crippen molar-refractivity contribution >= 4 is 28.8 Å². The monoisotopic (exact) mass is 548 g/mol. The number of primary amides is 1. The normalized spacial score (nSPS) is 22.2. The van der Waals surface area contributed by atoms with Crippen LogP contribution in [0.2, 0.25) is 0 Å². The van der Waals surface area contributed by atoms with Crippen LogP contribution >= 0.6 is 0 Å². The molecule has 40 heavy (non-hydrogen) atoms. The summed E-state index contributed by atoms with van der Waals surface area (Å²) in [4.78, 5) is 47.5. The van der Waals surface area contributed by atoms with Gasteiger partial charge in [-0.1, -0.05) is 6.07 Å². The summed E-state index contributed by atoms with van der Waals surface area (Å²) < 4.78 is 15.5. The molecule has 2 aliphatic rings. The Morgan fingerprint density at radius 3 is 2.48 bits per heavy atom. The molecule has 1 saturated carbocycles. The molecule has 10 heteroatoms. The zero-order chi connectivity index (χ0) is 28.4. The number of amides is 3. The lowest BCUT2D eigenvalue weighted by molar-refractivity contribution is -0.126. The Morgan fingerprint density at radius 2 is 1.80 bits per heavy atom. The lowest BCUT2D eigenvalue weighted by atomic mass is 9.85. The molecule has 1 aliphatic carbocycles. The van der Waals surface area contributed by atoms with Crippen molar-refractivity contribution in [2.45, 2.75) is 77.0 Å². The molecule has 5 rings (SSSR count). The molecule has 1 aliphatic heterocycles. The molecule has 0 radical (unpaired) electrons. The van der Waals surface area contributed by atoms with E-state index in [1.807, 2.05) is 26.0 Å². The number of likely N-dealkylation sites (tertiary alicyclic amines) is 1. The molecule has 1 aromatic heterocycles. The van der Waals surface area contributed by atoms with Gasteiger partial charge in [-0.2, -0.15) is 4.99 Å². The third-order valence-electron chi connectivity index (χ3n) is 8.04. The van der Waals surface area contributed by atoms with Gasteiger partial charge in [-0.15, -0.1) is 0 Å². The number of benzene rings is 2. The first-order valence-corrected chi connectivity index (χ1v) is 14.1. The SMILES string of the molecule is CC(C)NC(=O)[C@H]1CC[C@@H](n2/c(=N/C(=O)c3ccc(F)cc3)[nH]c3ccc(CN4CCC[C@@H]4C(N)=O)cc32)CC1. The maximum absolute atomic E-state index is 13.4. The Kier molecular flexibility index (Phi) is 8.16. The largest absolute Gasteiger partial charge is 0.368 e. The van der Waals surface area contributed by atoms with Gasteiger partial charge in [0.1, 0.15) is 5.82 Å². The summed E-state index contributed by atoms with van der Waals surface area (Å²) in [6.45, 7) is 5.33. The third-order valence-corrected chi connectivity index (χ3v) is 8.04. The van der Waals surface area contributed by atoms with Crippen LogP contribution in [0.15, 0.2) is 47.5 Å². The van der Waals surface area contributed by atoms with Crippen LogP contribution in [-0.4, -0.2) is 50.8 Å². The molecule has 0 unspecified atom stereocenters. The molecule has 2 fully saturated rings. The highest BCUT2D eigenvalue weighted by Crippen LogP contribution is 2.34. The lowest BCUT2D eigenvalue weighted by Crippen LogP contribution is -2.39. The lowest BCUT2D eigenvalue weighted by Gasteiger charge is -2.29. The molecule has 2 aromatic carbocycles. The van der Waals surface area contributed by atoms with Gasteiger partial charge in [0.15, 0.2) is 0 Å². The number of aromatic nitrogens is 2. The predicted molar refractivity (Wildman–Crippen MR) is 149 cm³/mol. The van der Waals surface area contributed by atoms with Crippen LogP contribution in [0.25, 0.3) is 11.0 Å². The maximum atomic E-state index is 13.4. The van der Waals surface area contributed by atoms with E-state index in [4.69, 9.17) is 5.73 Å². The van der Waals surface area contributed by atoms with Gasteiger partial charge < -0.3 is 20.6 Å². The minimum atomic E-state index is -0.466. The van der Waals surface area contributed by atoms with E-state index < -0.39 is 11.7 Å². The summed E-state index contributed by atoms with van der Waals surface area (Å²) in [6.07, 6.45) is 4.71. The van der Waals surface area contributed by atoms with Crippen LogP contribution in [0, 0.1) is 11.7 Å². The molecule has 0 bridgehead atoms. The summed E-state index contributed by atoms with van der Waals surface area (Å²) in [5.41, 5.74) is 9.14. The van der Waals surface area contributed by atoms with E-state index in [2.05, 4.69) is 30.8 Å². The van der Waals surface area contributed by atoms with Crippen LogP contribution in [0.1, 0.15) is 74.3 Å². The average Bonchev–Trinajstić information content (AvgIpc) is 3.53. The van der Waals surface area contributed by atoms with Crippen molar-refractivity contribution in [1.29, 1.82) is 0 Å². The van der Waals surface area contributed by atoms with Crippen molar-refractivity contribution in [1.82, 2.24) is 19.8 Å². The third kappa shape index (κ3) is 6.01. The van der Waals surface area contributed by atoms with Crippen molar-refractivity contribution in [3.63, 3.8) is 0 Å². The van der Waals surface area contributed by atoms with Gasteiger partial charge in [0, 0.05) is 30.1 Å². The summed E-state index contributed by atoms with van der Waals surface area (Å²) >= 11 is 0. The van der Waals surface area contributed by atoms with Crippen molar-refractivity contribution < 1.29 is 18.8 Å². The van der Waals surface area contributed by atoms with Crippen LogP contribution in [0.5, 0.6) is 0 Å². The van der Waals surface area contributed by atoms with Gasteiger partial charge >= 0.3 is 0 Å². The van der Waals surface area contributed by atoms with Crippen LogP contribution in [0.4, 0.5) is 4.39 Å². The second-order valence-electron chi connectivity index (χ2n) is 11.3. The van der Waals surface area contributed by atoms with Gasteiger partial charge in [-0.25, -0.2) is 4.39 Å². The first-order chi connectivity index (χ1) is 19.2. The molecular formula is C30H37FN6O3. The standard InChI is InChI=1S/C30H37FN6O3/c1-18(2)33-28(39)21-8-12-23(13-9-21)37-26-16-19(17-36-15-3-4-25(36)27(32)38)5-14-24(26)34-30(37)35-29(40)20-6-10-22(31)11-7-20/h5-7,10-11,14,16,18,21,23,25H,3-4,8-9,12-13,15,17H2,1-2H3,(H2,32,38)(H,33,39)(H,34,35,40)/t21-,23+,25-/m1/s1. The fraction of sp³-hybridized carbons (Fsp3) is 0.467. The van der Waals surface area contributed by atoms with Gasteiger partial charge in [0.2, 0.25) is 17.4 Å². The van der Waals surface area contributed by atoms with Gasteiger partial charge in [0.05, 0.1) is 17.1 Å². The zero-order valence-corrected chi connectivity index (χ0v) is 23.0. The number of imidazole rings is 1. The Labute approximate surface area is 232 Å². The zero-order valence-electron chi connectivity index (χ0n) is 23.0. The molecule has 3 aromatic rings. The van der Waals surface area contributed by atoms with Crippen molar-refractivity contribution in [2.24, 2.45) is 16.6 Å². The van der Waals surface area contributed by atoms with E-state index in [-0.39, 0.29) is 35.9 Å². The molecule has 1 atom stereocenters. The number of nitrogens with zero attached hydrogens (tertiary/aromatic N) is 3. The smallest absolute Gasteiger partial charge is 0.280 e. The van der Waals surface area contributed by atoms with E-state index in [1.165, 1.54) is 24.3 Å². The Balaban J connectivity index is 1.49. The molecular weight excluding hydrogens is 511 g/mol. The number of H-pyrrole nitrogens is 1. The molecule has 3 amide bonds. The Bertz CT molecular complexity index is 1470. The van der Waals surface area contributed by atoms with Crippen LogP contribution in [0.3, 0.4) is 0 Å². The number of nitrogens with two attached hydrogens (primary N) is 1. The predicted octanol–water partition coefficient (Wildman–Crippen LogP) is 3.56. The topological polar surface area (TPSA) is 126 Å². The number of carbonyl (C=O) groups excluding carboxylic acids is 3. The summed E-state index contributed by atoms with van der Waals surface area (Å²) in [6, 6.07) is 11.3. The number of carbonyl (C=O) groups is 3. The maximum Gasteiger partial charge on any atom is 0.280 e. The van der Waals surface area contributed by atoms with Crippen molar-refractivity contribution in [3.05, 3.63) is 65.0 Å². The second-order valence-corrected chi connectivity index (χ2v) is 11.3. The average molecular weight is 549 g/mol. The number of nitrogens with one attached hydrogen (secondary N) is 2. The summed E-state index contributed by atoms with van der Waals surface area (Å²) in [7, 11) is 0. The minimum Gasteiger partial charge on any atom is -0.368 e. The number of aromatic amines is 1. The van der Waals surface area contributed by atoms with E-state index in [1.54, 1.807) is 0 Å². The highest BCUT2D eigenvalue weighted by atomic mass is 19.1. The van der Waals surface area contributed by atoms with E-state index in [9.17, 15) is 18.8 Å². The van der Waals surface area contributed by atoms with Crippen LogP contribution in [-0.2, 0) is 16.1 Å². The molecule has 212 valence electrons. The number of fused-ring (bicyclic) bond motifs is 1. The molecule has 9 nitrogen and oxygen atoms in total. The Morgan fingerprint density at radius 1 is 1.07 bits per heavy atom. The summed E-state index contributed by atoms with van der Waals surface area (Å²) in [5, 5.41) is 3.03. The minimum absolute atomic E-state index is 0.0389. The van der Waals surface area contributed by atoms with Gasteiger partial charge in [-0.05, 0) is 101 Å². The molecule has 2 heterocycles. The van der Waals surface area contributed by atoms with Gasteiger partial charge in [-0.3, -0.25) is 19.3 Å². The van der Waals surface area contributed by atoms with Gasteiger partial charge in [0.25, 0.3) is 5.91 Å². The van der Waals surface area contributed by atoms with E-state index >= 15 is 0 Å². The summed E-state index contributed by atoms with van der Waals surface area (Å²) in [5.74, 6) is -1.13. The quantitative estimate of drug-likeness (QED) is 0.417. The molecule has 1 saturated heterocycles. The van der Waals surface area contributed by atoms with E-state index in [0.717, 1.165) is 61.7 Å². The number of hydrogen-bond donors (Lipinski definition) is 3. The first-order valence-electron chi connectivity index (χ1n) is 14.1. The van der Waals surface area contributed by atoms with Crippen molar-refractivity contribution in [3.8, 4) is 0 Å². The molecule has 0 spiro atoms. The number of halogens is 1. The number of hydrogen-bond acceptors (Lipinski definition) is 4. The second kappa shape index (κ2) is 11.8. The van der Waals surface area contributed by atoms with Crippen molar-refractivity contribution in [2.75, 3.05) is 6.54 Å². The first kappa shape index (κ1) is 27.8. The fourth-order valence-electron chi connectivity index (χ4n) is 6.05. The molecule has 4 N–H and O–H groups in total. The van der Waals surface area contributed by atoms with E-state index in [0.29, 0.717) is 17.7 Å².